The zero-order valence-corrected chi connectivity index (χ0v) is 11.6. The van der Waals surface area contributed by atoms with Crippen LogP contribution < -0.4 is 10.6 Å². The summed E-state index contributed by atoms with van der Waals surface area (Å²) < 4.78 is 5.66. The second-order valence-corrected chi connectivity index (χ2v) is 5.35. The molecule has 1 aromatic rings. The summed E-state index contributed by atoms with van der Waals surface area (Å²) in [5.41, 5.74) is 8.55. The molecule has 3 unspecified atom stereocenters. The Bertz CT molecular complexity index is 392. The van der Waals surface area contributed by atoms with Gasteiger partial charge >= 0.3 is 0 Å². The summed E-state index contributed by atoms with van der Waals surface area (Å²) in [6, 6.07) is 9.20. The van der Waals surface area contributed by atoms with E-state index >= 15 is 0 Å². The summed E-state index contributed by atoms with van der Waals surface area (Å²) in [7, 11) is 2.16. The first kappa shape index (κ1) is 13.4. The van der Waals surface area contributed by atoms with E-state index in [4.69, 9.17) is 10.5 Å². The molecule has 0 bridgehead atoms. The molecule has 0 amide bonds. The van der Waals surface area contributed by atoms with E-state index in [1.165, 1.54) is 11.3 Å². The van der Waals surface area contributed by atoms with Gasteiger partial charge in [-0.05, 0) is 38.3 Å². The molecule has 3 atom stereocenters. The molecule has 0 spiro atoms. The van der Waals surface area contributed by atoms with Crippen molar-refractivity contribution in [2.45, 2.75) is 44.9 Å². The van der Waals surface area contributed by atoms with Crippen molar-refractivity contribution in [2.75, 3.05) is 18.6 Å². The Hall–Kier alpha value is -1.06. The van der Waals surface area contributed by atoms with Crippen LogP contribution in [0.4, 0.5) is 5.69 Å². The molecule has 1 aromatic carbocycles. The first-order valence-electron chi connectivity index (χ1n) is 6.77. The van der Waals surface area contributed by atoms with Crippen LogP contribution in [0.15, 0.2) is 24.3 Å². The van der Waals surface area contributed by atoms with Crippen LogP contribution in [-0.2, 0) is 11.2 Å². The second kappa shape index (κ2) is 5.72. The lowest BCUT2D eigenvalue weighted by atomic mass is 10.0. The van der Waals surface area contributed by atoms with Crippen LogP contribution in [0.3, 0.4) is 0 Å². The van der Waals surface area contributed by atoms with Gasteiger partial charge in [-0.3, -0.25) is 0 Å². The molecule has 1 fully saturated rings. The van der Waals surface area contributed by atoms with Gasteiger partial charge in [0.1, 0.15) is 0 Å². The smallest absolute Gasteiger partial charge is 0.0750 e. The van der Waals surface area contributed by atoms with E-state index in [-0.39, 0.29) is 6.04 Å². The quantitative estimate of drug-likeness (QED) is 0.887. The fraction of sp³-hybridized carbons (Fsp3) is 0.600. The number of para-hydroxylation sites is 1. The average Bonchev–Trinajstić information content (AvgIpc) is 2.74. The minimum absolute atomic E-state index is 0.191. The Morgan fingerprint density at radius 2 is 2.17 bits per heavy atom. The van der Waals surface area contributed by atoms with Crippen molar-refractivity contribution in [2.24, 2.45) is 5.73 Å². The fourth-order valence-corrected chi connectivity index (χ4v) is 2.78. The predicted molar refractivity (Wildman–Crippen MR) is 76.0 cm³/mol. The van der Waals surface area contributed by atoms with Crippen LogP contribution in [0.2, 0.25) is 0 Å². The second-order valence-electron chi connectivity index (χ2n) is 5.35. The standard InChI is InChI=1S/C15H24N2O/c1-11(16)10-13-6-4-5-7-15(13)17(3)14-8-9-18-12(14)2/h4-7,11-12,14H,8-10,16H2,1-3H3. The molecule has 0 radical (unpaired) electrons. The lowest BCUT2D eigenvalue weighted by Crippen LogP contribution is -2.37. The zero-order valence-electron chi connectivity index (χ0n) is 11.6. The highest BCUT2D eigenvalue weighted by molar-refractivity contribution is 5.54. The van der Waals surface area contributed by atoms with E-state index < -0.39 is 0 Å². The summed E-state index contributed by atoms with van der Waals surface area (Å²) in [5, 5.41) is 0. The van der Waals surface area contributed by atoms with Gasteiger partial charge in [0.05, 0.1) is 12.1 Å². The summed E-state index contributed by atoms with van der Waals surface area (Å²) in [6.45, 7) is 5.08. The monoisotopic (exact) mass is 248 g/mol. The van der Waals surface area contributed by atoms with E-state index in [2.05, 4.69) is 50.1 Å². The molecule has 1 aliphatic rings. The molecule has 1 aliphatic heterocycles. The number of benzene rings is 1. The molecule has 0 aliphatic carbocycles. The van der Waals surface area contributed by atoms with Crippen molar-refractivity contribution in [1.82, 2.24) is 0 Å². The first-order chi connectivity index (χ1) is 8.59. The van der Waals surface area contributed by atoms with Gasteiger partial charge in [-0.1, -0.05) is 18.2 Å². The van der Waals surface area contributed by atoms with E-state index in [0.717, 1.165) is 19.4 Å². The van der Waals surface area contributed by atoms with Crippen molar-refractivity contribution in [1.29, 1.82) is 0 Å². The molecule has 2 rings (SSSR count). The van der Waals surface area contributed by atoms with Gasteiger partial charge in [0.25, 0.3) is 0 Å². The van der Waals surface area contributed by atoms with Gasteiger partial charge in [0.2, 0.25) is 0 Å². The molecule has 1 heterocycles. The van der Waals surface area contributed by atoms with Gasteiger partial charge in [-0.2, -0.15) is 0 Å². The predicted octanol–water partition coefficient (Wildman–Crippen LogP) is 2.19. The van der Waals surface area contributed by atoms with Crippen molar-refractivity contribution in [3.63, 3.8) is 0 Å². The highest BCUT2D eigenvalue weighted by Crippen LogP contribution is 2.27. The molecule has 100 valence electrons. The Kier molecular flexibility index (Phi) is 4.25. The number of ether oxygens (including phenoxy) is 1. The number of anilines is 1. The first-order valence-corrected chi connectivity index (χ1v) is 6.77. The van der Waals surface area contributed by atoms with Gasteiger partial charge in [0.15, 0.2) is 0 Å². The third-order valence-corrected chi connectivity index (χ3v) is 3.75. The van der Waals surface area contributed by atoms with Gasteiger partial charge < -0.3 is 15.4 Å². The minimum Gasteiger partial charge on any atom is -0.376 e. The fourth-order valence-electron chi connectivity index (χ4n) is 2.78. The molecular formula is C15H24N2O. The SMILES string of the molecule is CC(N)Cc1ccccc1N(C)C1CCOC1C. The van der Waals surface area contributed by atoms with Crippen molar-refractivity contribution in [3.8, 4) is 0 Å². The van der Waals surface area contributed by atoms with E-state index in [0.29, 0.717) is 12.1 Å². The maximum Gasteiger partial charge on any atom is 0.0750 e. The lowest BCUT2D eigenvalue weighted by Gasteiger charge is -2.31. The van der Waals surface area contributed by atoms with E-state index in [1.54, 1.807) is 0 Å². The average molecular weight is 248 g/mol. The van der Waals surface area contributed by atoms with Gasteiger partial charge in [-0.15, -0.1) is 0 Å². The minimum atomic E-state index is 0.191. The Balaban J connectivity index is 2.21. The summed E-state index contributed by atoms with van der Waals surface area (Å²) in [5.74, 6) is 0. The molecule has 3 nitrogen and oxygen atoms in total. The molecule has 0 saturated carbocycles. The Morgan fingerprint density at radius 1 is 1.44 bits per heavy atom. The van der Waals surface area contributed by atoms with Crippen molar-refractivity contribution < 1.29 is 4.74 Å². The van der Waals surface area contributed by atoms with Crippen LogP contribution in [0.25, 0.3) is 0 Å². The van der Waals surface area contributed by atoms with Crippen LogP contribution in [-0.4, -0.2) is 31.8 Å². The van der Waals surface area contributed by atoms with E-state index in [1.807, 2.05) is 0 Å². The molecule has 2 N–H and O–H groups in total. The number of hydrogen-bond donors (Lipinski definition) is 1. The maximum absolute atomic E-state index is 5.93. The Morgan fingerprint density at radius 3 is 2.78 bits per heavy atom. The summed E-state index contributed by atoms with van der Waals surface area (Å²) >= 11 is 0. The van der Waals surface area contributed by atoms with Crippen LogP contribution in [0, 0.1) is 0 Å². The largest absolute Gasteiger partial charge is 0.376 e. The number of likely N-dealkylation sites (N-methyl/N-ethyl adjacent to an activating group) is 1. The summed E-state index contributed by atoms with van der Waals surface area (Å²) in [6.07, 6.45) is 2.32. The molecule has 3 heteroatoms. The normalized spacial score (nSPS) is 25.1. The topological polar surface area (TPSA) is 38.5 Å². The zero-order chi connectivity index (χ0) is 13.1. The number of rotatable bonds is 4. The third-order valence-electron chi connectivity index (χ3n) is 3.75. The van der Waals surface area contributed by atoms with Crippen LogP contribution in [0.1, 0.15) is 25.8 Å². The van der Waals surface area contributed by atoms with Crippen LogP contribution >= 0.6 is 0 Å². The molecular weight excluding hydrogens is 224 g/mol. The Labute approximate surface area is 110 Å². The van der Waals surface area contributed by atoms with Gasteiger partial charge in [-0.25, -0.2) is 0 Å². The van der Waals surface area contributed by atoms with Crippen molar-refractivity contribution in [3.05, 3.63) is 29.8 Å². The highest BCUT2D eigenvalue weighted by atomic mass is 16.5. The number of nitrogens with zero attached hydrogens (tertiary/aromatic N) is 1. The lowest BCUT2D eigenvalue weighted by molar-refractivity contribution is 0.118. The molecule has 1 saturated heterocycles. The molecule has 0 aromatic heterocycles. The highest BCUT2D eigenvalue weighted by Gasteiger charge is 2.28. The summed E-state index contributed by atoms with van der Waals surface area (Å²) in [4.78, 5) is 2.36. The van der Waals surface area contributed by atoms with Crippen molar-refractivity contribution >= 4 is 5.69 Å². The molecule has 18 heavy (non-hydrogen) atoms. The van der Waals surface area contributed by atoms with Gasteiger partial charge in [0, 0.05) is 25.4 Å². The maximum atomic E-state index is 5.93. The third kappa shape index (κ3) is 2.85. The number of nitrogens with two attached hydrogens (primary N) is 1. The number of hydrogen-bond acceptors (Lipinski definition) is 3. The van der Waals surface area contributed by atoms with E-state index in [9.17, 15) is 0 Å². The van der Waals surface area contributed by atoms with Crippen LogP contribution in [0.5, 0.6) is 0 Å².